The summed E-state index contributed by atoms with van der Waals surface area (Å²) in [6.07, 6.45) is 9.70. The highest BCUT2D eigenvalue weighted by atomic mass is 32.2. The zero-order valence-corrected chi connectivity index (χ0v) is 51.4. The molecule has 0 unspecified atom stereocenters. The normalized spacial score (nSPS) is 12.3. The molecule has 0 atom stereocenters. The minimum atomic E-state index is -0.698. The maximum Gasteiger partial charge on any atom is 0.491 e. The minimum Gasteiger partial charge on any atom is -0.446 e. The molecule has 0 bridgehead atoms. The van der Waals surface area contributed by atoms with Crippen molar-refractivity contribution >= 4 is 74.1 Å². The third-order valence-electron chi connectivity index (χ3n) is 10.4. The van der Waals surface area contributed by atoms with Crippen molar-refractivity contribution in [2.45, 2.75) is 134 Å². The number of methoxy groups -OCH3 is 2. The van der Waals surface area contributed by atoms with E-state index in [1.54, 1.807) is 33.1 Å². The van der Waals surface area contributed by atoms with Gasteiger partial charge in [0.25, 0.3) is 0 Å². The average Bonchev–Trinajstić information content (AvgIpc) is 4.32. The summed E-state index contributed by atoms with van der Waals surface area (Å²) in [4.78, 5) is 2.00. The SMILES string of the molecule is CC.CC.CC.CC.CC.CCOC.CN(C)C.COC.CSC.OB1CCc2ccccc21.OB1CCc2ccccc21.OB1OCc2ccccc21.OB1OCc2ccccc21.OCc1cccc2c1B(O)CC2. The van der Waals surface area contributed by atoms with Gasteiger partial charge in [-0.25, -0.2) is 0 Å². The van der Waals surface area contributed by atoms with E-state index in [2.05, 4.69) is 21.6 Å². The second-order valence-electron chi connectivity index (χ2n) is 16.2. The Labute approximate surface area is 470 Å². The molecule has 76 heavy (non-hydrogen) atoms. The van der Waals surface area contributed by atoms with Crippen molar-refractivity contribution in [1.82, 2.24) is 4.90 Å². The van der Waals surface area contributed by atoms with E-state index in [-0.39, 0.29) is 27.4 Å². The summed E-state index contributed by atoms with van der Waals surface area (Å²) in [6, 6.07) is 37.4. The molecule has 5 heterocycles. The zero-order valence-electron chi connectivity index (χ0n) is 50.6. The van der Waals surface area contributed by atoms with Gasteiger partial charge in [0.05, 0.1) is 19.8 Å². The number of hydrogen-bond acceptors (Lipinski definition) is 12. The first-order valence-corrected chi connectivity index (χ1v) is 29.0. The van der Waals surface area contributed by atoms with Gasteiger partial charge in [0.1, 0.15) is 0 Å². The Bertz CT molecular complexity index is 1860. The Morgan fingerprint density at radius 3 is 1.05 bits per heavy atom. The molecule has 0 radical (unpaired) electrons. The lowest BCUT2D eigenvalue weighted by atomic mass is 9.61. The first kappa shape index (κ1) is 78.8. The van der Waals surface area contributed by atoms with Crippen LogP contribution in [-0.2, 0) is 57.9 Å². The molecule has 0 aromatic heterocycles. The van der Waals surface area contributed by atoms with E-state index in [4.69, 9.17) is 24.5 Å². The molecule has 0 amide bonds. The van der Waals surface area contributed by atoms with Crippen LogP contribution >= 0.6 is 11.8 Å². The highest BCUT2D eigenvalue weighted by molar-refractivity contribution is 7.97. The lowest BCUT2D eigenvalue weighted by molar-refractivity contribution is 0.215. The molecule has 0 saturated carbocycles. The molecule has 424 valence electrons. The van der Waals surface area contributed by atoms with E-state index >= 15 is 0 Å². The Morgan fingerprint density at radius 2 is 0.750 bits per heavy atom. The van der Waals surface area contributed by atoms with Gasteiger partial charge in [-0.15, -0.1) is 0 Å². The maximum atomic E-state index is 9.58. The van der Waals surface area contributed by atoms with Crippen LogP contribution in [0.4, 0.5) is 0 Å². The number of ether oxygens (including phenoxy) is 2. The summed E-state index contributed by atoms with van der Waals surface area (Å²) < 4.78 is 18.7. The number of aryl methyl sites for hydroxylation is 3. The minimum absolute atomic E-state index is 0.0280. The molecule has 0 saturated heterocycles. The second-order valence-corrected chi connectivity index (χ2v) is 17.0. The van der Waals surface area contributed by atoms with E-state index in [0.29, 0.717) is 13.2 Å². The molecule has 10 rings (SSSR count). The van der Waals surface area contributed by atoms with Crippen LogP contribution in [0.1, 0.15) is 110 Å². The van der Waals surface area contributed by atoms with Crippen LogP contribution < -0.4 is 27.3 Å². The molecule has 11 nitrogen and oxygen atoms in total. The Balaban J connectivity index is -0.000000387. The lowest BCUT2D eigenvalue weighted by Crippen LogP contribution is -2.29. The van der Waals surface area contributed by atoms with Crippen molar-refractivity contribution in [3.63, 3.8) is 0 Å². The molecule has 6 N–H and O–H groups in total. The summed E-state index contributed by atoms with van der Waals surface area (Å²) >= 11 is 1.75. The van der Waals surface area contributed by atoms with Crippen LogP contribution in [0.2, 0.25) is 19.0 Å². The summed E-state index contributed by atoms with van der Waals surface area (Å²) in [7, 11) is 9.53. The fourth-order valence-electron chi connectivity index (χ4n) is 7.29. The third kappa shape index (κ3) is 32.3. The molecule has 5 aromatic carbocycles. The van der Waals surface area contributed by atoms with Gasteiger partial charge in [0, 0.05) is 27.9 Å². The van der Waals surface area contributed by atoms with Gasteiger partial charge in [0.15, 0.2) is 0 Å². The van der Waals surface area contributed by atoms with Crippen LogP contribution in [0.15, 0.2) is 115 Å². The molecular formula is C59H102B5NO10S. The van der Waals surface area contributed by atoms with Gasteiger partial charge in [-0.05, 0) is 123 Å². The van der Waals surface area contributed by atoms with E-state index in [9.17, 15) is 15.1 Å². The van der Waals surface area contributed by atoms with Crippen molar-refractivity contribution in [3.05, 3.63) is 149 Å². The summed E-state index contributed by atoms with van der Waals surface area (Å²) in [5.74, 6) is 0. The monoisotopic (exact) mass is 1070 g/mol. The average molecular weight is 1070 g/mol. The Hall–Kier alpha value is -3.67. The number of aliphatic hydroxyl groups excluding tert-OH is 1. The van der Waals surface area contributed by atoms with Crippen molar-refractivity contribution in [3.8, 4) is 0 Å². The predicted octanol–water partition coefficient (Wildman–Crippen LogP) is 7.80. The van der Waals surface area contributed by atoms with Crippen LogP contribution in [0.25, 0.3) is 0 Å². The zero-order chi connectivity index (χ0) is 58.9. The smallest absolute Gasteiger partial charge is 0.446 e. The molecule has 17 heteroatoms. The standard InChI is InChI=1S/C9H11BO2.2C8H9BO.2C7H7BO2.C3H9N.C3H8O.C2H6O.C2H6S.5C2H6/c11-6-8-3-1-2-7-4-5-10(12)9(7)8;2*10-9-6-5-7-3-1-2-4-8(7)9;2*9-8-7-4-2-1-3-6(7)5-10-8;1-4(2)3;1-3-4-2;2*1-3-2;5*1-2/h1-3,11-12H,4-6H2;2*1-4,10H,5-6H2;2*1-4,9H,5H2;1-3H3;3H2,1-2H3;2*1-2H3;5*1-2H3. The Morgan fingerprint density at radius 1 is 0.474 bits per heavy atom. The second kappa shape index (κ2) is 53.3. The van der Waals surface area contributed by atoms with E-state index < -0.39 is 14.2 Å². The van der Waals surface area contributed by atoms with Gasteiger partial charge in [-0.3, -0.25) is 0 Å². The summed E-state index contributed by atoms with van der Waals surface area (Å²) in [5, 5.41) is 55.7. The maximum absolute atomic E-state index is 9.58. The summed E-state index contributed by atoms with van der Waals surface area (Å²) in [6.45, 7) is 23.1. The molecule has 0 aliphatic carbocycles. The summed E-state index contributed by atoms with van der Waals surface area (Å²) in [5.41, 5.74) is 11.9. The van der Waals surface area contributed by atoms with E-state index in [0.717, 1.165) is 88.8 Å². The van der Waals surface area contributed by atoms with Gasteiger partial charge in [-0.2, -0.15) is 11.8 Å². The molecule has 0 spiro atoms. The topological polar surface area (TPSA) is 162 Å². The number of benzene rings is 5. The number of aliphatic hydroxyl groups is 1. The van der Waals surface area contributed by atoms with Gasteiger partial charge >= 0.3 is 35.0 Å². The number of nitrogens with zero attached hydrogens (tertiary/aromatic N) is 1. The quantitative estimate of drug-likeness (QED) is 0.0954. The molecule has 5 aromatic rings. The van der Waals surface area contributed by atoms with Crippen molar-refractivity contribution in [2.24, 2.45) is 0 Å². The number of fused-ring (bicyclic) bond motifs is 5. The first-order chi connectivity index (χ1) is 36.8. The van der Waals surface area contributed by atoms with Gasteiger partial charge in [-0.1, -0.05) is 201 Å². The largest absolute Gasteiger partial charge is 0.491 e. The molecule has 5 aliphatic heterocycles. The Kier molecular flexibility index (Phi) is 55.3. The molecule has 5 aliphatic rings. The van der Waals surface area contributed by atoms with Crippen molar-refractivity contribution in [1.29, 1.82) is 0 Å². The van der Waals surface area contributed by atoms with Gasteiger partial charge in [0.2, 0.25) is 0 Å². The van der Waals surface area contributed by atoms with Crippen LogP contribution in [0.5, 0.6) is 0 Å². The van der Waals surface area contributed by atoms with Crippen LogP contribution in [0, 0.1) is 0 Å². The predicted molar refractivity (Wildman–Crippen MR) is 338 cm³/mol. The van der Waals surface area contributed by atoms with E-state index in [1.165, 1.54) is 16.7 Å². The highest BCUT2D eigenvalue weighted by Crippen LogP contribution is 2.16. The molecular weight excluding hydrogens is 969 g/mol. The fourth-order valence-corrected chi connectivity index (χ4v) is 7.29. The number of rotatable bonds is 2. The number of thioether (sulfide) groups is 1. The van der Waals surface area contributed by atoms with Crippen LogP contribution in [-0.4, -0.2) is 132 Å². The van der Waals surface area contributed by atoms with Crippen molar-refractivity contribution in [2.75, 3.05) is 61.6 Å². The molecule has 0 fully saturated rings. The van der Waals surface area contributed by atoms with Crippen molar-refractivity contribution < 1.29 is 49.0 Å². The van der Waals surface area contributed by atoms with Crippen LogP contribution in [0.3, 0.4) is 0 Å². The van der Waals surface area contributed by atoms with E-state index in [1.807, 2.05) is 218 Å². The highest BCUT2D eigenvalue weighted by Gasteiger charge is 2.28. The third-order valence-corrected chi connectivity index (χ3v) is 10.4. The lowest BCUT2D eigenvalue weighted by Gasteiger charge is -2.06. The first-order valence-electron chi connectivity index (χ1n) is 27.4. The van der Waals surface area contributed by atoms with Gasteiger partial charge < -0.3 is 53.9 Å². The number of hydrogen-bond donors (Lipinski definition) is 6. The fraction of sp³-hybridized carbons (Fsp3) is 0.492.